The molecule has 1 heteroatoms. The van der Waals surface area contributed by atoms with E-state index in [2.05, 4.69) is 30.9 Å². The Bertz CT molecular complexity index is 344. The maximum absolute atomic E-state index is 9.66. The van der Waals surface area contributed by atoms with Crippen molar-refractivity contribution < 1.29 is 5.11 Å². The quantitative estimate of drug-likeness (QED) is 0.722. The van der Waals surface area contributed by atoms with Gasteiger partial charge in [0, 0.05) is 6.42 Å². The largest absolute Gasteiger partial charge is 0.392 e. The first-order valence-corrected chi connectivity index (χ1v) is 4.86. The zero-order chi connectivity index (χ0) is 10.4. The van der Waals surface area contributed by atoms with E-state index in [0.717, 1.165) is 0 Å². The van der Waals surface area contributed by atoms with Crippen LogP contribution >= 0.6 is 0 Å². The molecule has 14 heavy (non-hydrogen) atoms. The van der Waals surface area contributed by atoms with Crippen LogP contribution in [-0.4, -0.2) is 11.2 Å². The van der Waals surface area contributed by atoms with Crippen LogP contribution in [0, 0.1) is 18.8 Å². The lowest BCUT2D eigenvalue weighted by atomic mass is 10.0. The summed E-state index contributed by atoms with van der Waals surface area (Å²) >= 11 is 0. The van der Waals surface area contributed by atoms with E-state index in [9.17, 15) is 5.11 Å². The van der Waals surface area contributed by atoms with Crippen molar-refractivity contribution in [2.75, 3.05) is 0 Å². The standard InChI is InChI=1S/C13H16O/c1-3-4-9-13(14)10-12-8-6-5-7-11(12)2/h5-8,13-14H,9-10H2,1-2H3. The molecular formula is C13H16O. The lowest BCUT2D eigenvalue weighted by Crippen LogP contribution is -2.10. The third-order valence-electron chi connectivity index (χ3n) is 2.23. The van der Waals surface area contributed by atoms with Crippen molar-refractivity contribution >= 4 is 0 Å². The molecule has 0 spiro atoms. The Morgan fingerprint density at radius 2 is 2.07 bits per heavy atom. The molecule has 0 aliphatic rings. The van der Waals surface area contributed by atoms with Crippen molar-refractivity contribution in [3.63, 3.8) is 0 Å². The monoisotopic (exact) mass is 188 g/mol. The lowest BCUT2D eigenvalue weighted by molar-refractivity contribution is 0.180. The van der Waals surface area contributed by atoms with E-state index in [4.69, 9.17) is 0 Å². The van der Waals surface area contributed by atoms with Gasteiger partial charge in [0.25, 0.3) is 0 Å². The minimum atomic E-state index is -0.344. The van der Waals surface area contributed by atoms with Crippen molar-refractivity contribution in [1.29, 1.82) is 0 Å². The van der Waals surface area contributed by atoms with Crippen LogP contribution in [0.1, 0.15) is 24.5 Å². The molecule has 0 fully saturated rings. The maximum Gasteiger partial charge on any atom is 0.0689 e. The summed E-state index contributed by atoms with van der Waals surface area (Å²) in [7, 11) is 0. The Kier molecular flexibility index (Phi) is 4.22. The number of aryl methyl sites for hydroxylation is 1. The Balaban J connectivity index is 2.58. The minimum Gasteiger partial charge on any atom is -0.392 e. The van der Waals surface area contributed by atoms with Gasteiger partial charge in [0.05, 0.1) is 6.10 Å². The average molecular weight is 188 g/mol. The van der Waals surface area contributed by atoms with Crippen LogP contribution in [0.2, 0.25) is 0 Å². The van der Waals surface area contributed by atoms with Gasteiger partial charge in [-0.15, -0.1) is 11.8 Å². The molecule has 0 heterocycles. The molecule has 0 radical (unpaired) electrons. The highest BCUT2D eigenvalue weighted by Gasteiger charge is 2.05. The smallest absolute Gasteiger partial charge is 0.0689 e. The third-order valence-corrected chi connectivity index (χ3v) is 2.23. The molecule has 1 unspecified atom stereocenters. The number of aliphatic hydroxyl groups excluding tert-OH is 1. The van der Waals surface area contributed by atoms with Gasteiger partial charge in [0.1, 0.15) is 0 Å². The van der Waals surface area contributed by atoms with Gasteiger partial charge >= 0.3 is 0 Å². The van der Waals surface area contributed by atoms with Crippen LogP contribution in [0.3, 0.4) is 0 Å². The average Bonchev–Trinajstić information content (AvgIpc) is 2.18. The second kappa shape index (κ2) is 5.47. The molecule has 0 saturated carbocycles. The first-order valence-electron chi connectivity index (χ1n) is 4.86. The summed E-state index contributed by atoms with van der Waals surface area (Å²) in [6, 6.07) is 8.13. The van der Waals surface area contributed by atoms with Crippen LogP contribution in [0.15, 0.2) is 24.3 Å². The van der Waals surface area contributed by atoms with E-state index >= 15 is 0 Å². The SMILES string of the molecule is CC#CCC(O)Cc1ccccc1C. The van der Waals surface area contributed by atoms with E-state index < -0.39 is 0 Å². The van der Waals surface area contributed by atoms with E-state index in [1.54, 1.807) is 6.92 Å². The highest BCUT2D eigenvalue weighted by atomic mass is 16.3. The summed E-state index contributed by atoms with van der Waals surface area (Å²) in [6.07, 6.45) is 0.912. The van der Waals surface area contributed by atoms with Gasteiger partial charge in [-0.1, -0.05) is 24.3 Å². The Hall–Kier alpha value is -1.26. The van der Waals surface area contributed by atoms with E-state index in [1.165, 1.54) is 11.1 Å². The second-order valence-electron chi connectivity index (χ2n) is 3.42. The first-order chi connectivity index (χ1) is 6.74. The number of rotatable bonds is 3. The van der Waals surface area contributed by atoms with Gasteiger partial charge in [-0.05, 0) is 31.4 Å². The zero-order valence-corrected chi connectivity index (χ0v) is 8.75. The molecule has 0 bridgehead atoms. The van der Waals surface area contributed by atoms with Crippen LogP contribution in [-0.2, 0) is 6.42 Å². The van der Waals surface area contributed by atoms with Crippen LogP contribution < -0.4 is 0 Å². The fourth-order valence-electron chi connectivity index (χ4n) is 1.39. The van der Waals surface area contributed by atoms with E-state index in [1.807, 2.05) is 12.1 Å². The van der Waals surface area contributed by atoms with Crippen molar-refractivity contribution in [2.45, 2.75) is 32.8 Å². The van der Waals surface area contributed by atoms with Gasteiger partial charge < -0.3 is 5.11 Å². The van der Waals surface area contributed by atoms with Crippen molar-refractivity contribution in [1.82, 2.24) is 0 Å². The highest BCUT2D eigenvalue weighted by Crippen LogP contribution is 2.10. The van der Waals surface area contributed by atoms with Crippen LogP contribution in [0.25, 0.3) is 0 Å². The summed E-state index contributed by atoms with van der Waals surface area (Å²) in [6.45, 7) is 3.86. The Labute approximate surface area is 85.8 Å². The van der Waals surface area contributed by atoms with Crippen molar-refractivity contribution in [2.24, 2.45) is 0 Å². The number of hydrogen-bond donors (Lipinski definition) is 1. The predicted molar refractivity (Wildman–Crippen MR) is 59.0 cm³/mol. The molecule has 0 aromatic heterocycles. The fraction of sp³-hybridized carbons (Fsp3) is 0.385. The molecule has 1 aromatic carbocycles. The number of aliphatic hydroxyl groups is 1. The third kappa shape index (κ3) is 3.24. The van der Waals surface area contributed by atoms with Crippen LogP contribution in [0.5, 0.6) is 0 Å². The lowest BCUT2D eigenvalue weighted by Gasteiger charge is -2.09. The Morgan fingerprint density at radius 1 is 1.36 bits per heavy atom. The van der Waals surface area contributed by atoms with Gasteiger partial charge in [-0.3, -0.25) is 0 Å². The highest BCUT2D eigenvalue weighted by molar-refractivity contribution is 5.26. The molecule has 0 aliphatic heterocycles. The van der Waals surface area contributed by atoms with E-state index in [0.29, 0.717) is 12.8 Å². The molecule has 1 N–H and O–H groups in total. The molecule has 1 nitrogen and oxygen atoms in total. The van der Waals surface area contributed by atoms with Crippen molar-refractivity contribution in [3.05, 3.63) is 35.4 Å². The van der Waals surface area contributed by atoms with E-state index in [-0.39, 0.29) is 6.10 Å². The van der Waals surface area contributed by atoms with Crippen LogP contribution in [0.4, 0.5) is 0 Å². The van der Waals surface area contributed by atoms with Gasteiger partial charge in [-0.2, -0.15) is 0 Å². The Morgan fingerprint density at radius 3 is 2.71 bits per heavy atom. The summed E-state index contributed by atoms with van der Waals surface area (Å²) in [4.78, 5) is 0. The number of hydrogen-bond acceptors (Lipinski definition) is 1. The topological polar surface area (TPSA) is 20.2 Å². The summed E-state index contributed by atoms with van der Waals surface area (Å²) in [5.74, 6) is 5.68. The molecule has 0 saturated heterocycles. The van der Waals surface area contributed by atoms with Gasteiger partial charge in [0.2, 0.25) is 0 Å². The first kappa shape index (κ1) is 10.8. The molecule has 0 aliphatic carbocycles. The predicted octanol–water partition coefficient (Wildman–Crippen LogP) is 2.31. The molecule has 1 aromatic rings. The summed E-state index contributed by atoms with van der Waals surface area (Å²) in [5, 5.41) is 9.66. The van der Waals surface area contributed by atoms with Gasteiger partial charge in [0.15, 0.2) is 0 Å². The maximum atomic E-state index is 9.66. The zero-order valence-electron chi connectivity index (χ0n) is 8.75. The molecule has 1 atom stereocenters. The molecule has 1 rings (SSSR count). The van der Waals surface area contributed by atoms with Crippen molar-refractivity contribution in [3.8, 4) is 11.8 Å². The summed E-state index contributed by atoms with van der Waals surface area (Å²) < 4.78 is 0. The van der Waals surface area contributed by atoms with Gasteiger partial charge in [-0.25, -0.2) is 0 Å². The molecular weight excluding hydrogens is 172 g/mol. The summed E-state index contributed by atoms with van der Waals surface area (Å²) in [5.41, 5.74) is 2.44. The molecule has 0 amide bonds. The normalized spacial score (nSPS) is 11.6. The molecule has 74 valence electrons. The number of benzene rings is 1. The minimum absolute atomic E-state index is 0.344. The fourth-order valence-corrected chi connectivity index (χ4v) is 1.39. The second-order valence-corrected chi connectivity index (χ2v) is 3.42.